The van der Waals surface area contributed by atoms with Crippen LogP contribution in [0.4, 0.5) is 0 Å². The lowest BCUT2D eigenvalue weighted by atomic mass is 9.89. The van der Waals surface area contributed by atoms with E-state index in [2.05, 4.69) is 5.32 Å². The number of benzene rings is 2. The zero-order valence-corrected chi connectivity index (χ0v) is 16.8. The SMILES string of the molecule is COc1ccc([C@H]2[C@H]3CNC[C@H]3CN2C(=O)c2ccc(S(C)(=O)=O)cc2)cc1. The maximum atomic E-state index is 13.3. The van der Waals surface area contributed by atoms with Crippen molar-refractivity contribution in [3.05, 3.63) is 59.7 Å². The minimum absolute atomic E-state index is 0.00649. The number of hydrogen-bond acceptors (Lipinski definition) is 5. The fraction of sp³-hybridized carbons (Fsp3) is 0.381. The van der Waals surface area contributed by atoms with Crippen molar-refractivity contribution in [3.8, 4) is 5.75 Å². The first kappa shape index (κ1) is 19.0. The van der Waals surface area contributed by atoms with Crippen LogP contribution in [0.15, 0.2) is 53.4 Å². The van der Waals surface area contributed by atoms with Crippen molar-refractivity contribution < 1.29 is 17.9 Å². The van der Waals surface area contributed by atoms with Crippen molar-refractivity contribution in [2.45, 2.75) is 10.9 Å². The molecule has 2 saturated heterocycles. The molecule has 2 aliphatic rings. The first-order valence-electron chi connectivity index (χ1n) is 9.34. The van der Waals surface area contributed by atoms with Crippen molar-refractivity contribution in [1.29, 1.82) is 0 Å². The van der Waals surface area contributed by atoms with Crippen molar-refractivity contribution in [1.82, 2.24) is 10.2 Å². The fourth-order valence-electron chi connectivity index (χ4n) is 4.37. The molecule has 0 aliphatic carbocycles. The summed E-state index contributed by atoms with van der Waals surface area (Å²) < 4.78 is 28.6. The van der Waals surface area contributed by atoms with Crippen LogP contribution in [-0.2, 0) is 9.84 Å². The lowest BCUT2D eigenvalue weighted by molar-refractivity contribution is 0.0714. The van der Waals surface area contributed by atoms with Crippen LogP contribution in [0, 0.1) is 11.8 Å². The molecule has 6 nitrogen and oxygen atoms in total. The molecule has 2 aromatic carbocycles. The molecule has 4 rings (SSSR count). The molecule has 1 N–H and O–H groups in total. The molecule has 0 spiro atoms. The predicted octanol–water partition coefficient (Wildman–Crippen LogP) is 2.13. The Hall–Kier alpha value is -2.38. The van der Waals surface area contributed by atoms with Gasteiger partial charge in [0.2, 0.25) is 0 Å². The van der Waals surface area contributed by atoms with E-state index in [4.69, 9.17) is 4.74 Å². The molecule has 0 saturated carbocycles. The summed E-state index contributed by atoms with van der Waals surface area (Å²) in [6.45, 7) is 2.49. The summed E-state index contributed by atoms with van der Waals surface area (Å²) in [5, 5.41) is 3.44. The Labute approximate surface area is 165 Å². The van der Waals surface area contributed by atoms with E-state index in [1.807, 2.05) is 29.2 Å². The summed E-state index contributed by atoms with van der Waals surface area (Å²) in [7, 11) is -1.65. The number of fused-ring (bicyclic) bond motifs is 1. The maximum absolute atomic E-state index is 13.3. The van der Waals surface area contributed by atoms with Gasteiger partial charge in [0.15, 0.2) is 9.84 Å². The molecule has 2 heterocycles. The number of rotatable bonds is 4. The van der Waals surface area contributed by atoms with Crippen LogP contribution < -0.4 is 10.1 Å². The topological polar surface area (TPSA) is 75.7 Å². The number of nitrogens with one attached hydrogen (secondary N) is 1. The average molecular weight is 401 g/mol. The Morgan fingerprint density at radius 2 is 1.75 bits per heavy atom. The number of amides is 1. The fourth-order valence-corrected chi connectivity index (χ4v) is 5.00. The van der Waals surface area contributed by atoms with Gasteiger partial charge in [-0.15, -0.1) is 0 Å². The van der Waals surface area contributed by atoms with Gasteiger partial charge in [0.25, 0.3) is 5.91 Å². The van der Waals surface area contributed by atoms with Crippen LogP contribution >= 0.6 is 0 Å². The average Bonchev–Trinajstić information content (AvgIpc) is 3.28. The molecule has 3 atom stereocenters. The van der Waals surface area contributed by atoms with Crippen LogP contribution in [0.25, 0.3) is 0 Å². The summed E-state index contributed by atoms with van der Waals surface area (Å²) >= 11 is 0. The van der Waals surface area contributed by atoms with Crippen molar-refractivity contribution in [2.24, 2.45) is 11.8 Å². The van der Waals surface area contributed by atoms with Crippen molar-refractivity contribution in [2.75, 3.05) is 33.0 Å². The Bertz CT molecular complexity index is 970. The van der Waals surface area contributed by atoms with Gasteiger partial charge in [-0.3, -0.25) is 4.79 Å². The maximum Gasteiger partial charge on any atom is 0.254 e. The van der Waals surface area contributed by atoms with E-state index in [9.17, 15) is 13.2 Å². The molecule has 2 aliphatic heterocycles. The van der Waals surface area contributed by atoms with E-state index in [1.54, 1.807) is 19.2 Å². The largest absolute Gasteiger partial charge is 0.497 e. The highest BCUT2D eigenvalue weighted by molar-refractivity contribution is 7.90. The molecule has 0 unspecified atom stereocenters. The van der Waals surface area contributed by atoms with E-state index in [0.717, 1.165) is 30.7 Å². The minimum atomic E-state index is -3.28. The standard InChI is InChI=1S/C21H24N2O4S/c1-27-17-7-3-14(4-8-17)20-19-12-22-11-16(19)13-23(20)21(24)15-5-9-18(10-6-15)28(2,25)26/h3-10,16,19-20,22H,11-13H2,1-2H3/t16-,19-,20-/m0/s1. The third-order valence-electron chi connectivity index (χ3n) is 5.81. The van der Waals surface area contributed by atoms with Gasteiger partial charge in [0.05, 0.1) is 18.0 Å². The summed E-state index contributed by atoms with van der Waals surface area (Å²) in [6.07, 6.45) is 1.16. The van der Waals surface area contributed by atoms with Gasteiger partial charge in [0, 0.05) is 37.4 Å². The van der Waals surface area contributed by atoms with Gasteiger partial charge in [-0.2, -0.15) is 0 Å². The molecule has 0 bridgehead atoms. The highest BCUT2D eigenvalue weighted by Crippen LogP contribution is 2.43. The molecule has 0 aromatic heterocycles. The summed E-state index contributed by atoms with van der Waals surface area (Å²) in [6, 6.07) is 14.1. The Morgan fingerprint density at radius 3 is 2.36 bits per heavy atom. The van der Waals surface area contributed by atoms with Crippen LogP contribution in [0.2, 0.25) is 0 Å². The molecule has 148 valence electrons. The second-order valence-electron chi connectivity index (χ2n) is 7.55. The molecule has 7 heteroatoms. The lowest BCUT2D eigenvalue weighted by Crippen LogP contribution is -2.34. The number of likely N-dealkylation sites (tertiary alicyclic amines) is 1. The first-order chi connectivity index (χ1) is 13.4. The molecule has 2 aromatic rings. The van der Waals surface area contributed by atoms with Crippen LogP contribution in [0.5, 0.6) is 5.75 Å². The third kappa shape index (κ3) is 3.40. The Morgan fingerprint density at radius 1 is 1.07 bits per heavy atom. The van der Waals surface area contributed by atoms with E-state index in [0.29, 0.717) is 23.9 Å². The highest BCUT2D eigenvalue weighted by atomic mass is 32.2. The van der Waals surface area contributed by atoms with Crippen molar-refractivity contribution in [3.63, 3.8) is 0 Å². The molecule has 28 heavy (non-hydrogen) atoms. The zero-order valence-electron chi connectivity index (χ0n) is 16.0. The second kappa shape index (κ2) is 7.22. The molecule has 2 fully saturated rings. The lowest BCUT2D eigenvalue weighted by Gasteiger charge is -2.28. The van der Waals surface area contributed by atoms with Gasteiger partial charge >= 0.3 is 0 Å². The summed E-state index contributed by atoms with van der Waals surface area (Å²) in [5.41, 5.74) is 1.61. The van der Waals surface area contributed by atoms with Gasteiger partial charge < -0.3 is 15.0 Å². The van der Waals surface area contributed by atoms with Crippen molar-refractivity contribution >= 4 is 15.7 Å². The molecular weight excluding hydrogens is 376 g/mol. The number of ether oxygens (including phenoxy) is 1. The number of sulfone groups is 1. The van der Waals surface area contributed by atoms with Gasteiger partial charge in [-0.25, -0.2) is 8.42 Å². The normalized spacial score (nSPS) is 24.2. The third-order valence-corrected chi connectivity index (χ3v) is 6.94. The van der Waals surface area contributed by atoms with Gasteiger partial charge in [0.1, 0.15) is 5.75 Å². The smallest absolute Gasteiger partial charge is 0.254 e. The molecular formula is C21H24N2O4S. The number of hydrogen-bond donors (Lipinski definition) is 1. The predicted molar refractivity (Wildman–Crippen MR) is 106 cm³/mol. The van der Waals surface area contributed by atoms with Crippen LogP contribution in [0.3, 0.4) is 0 Å². The summed E-state index contributed by atoms with van der Waals surface area (Å²) in [5.74, 6) is 1.52. The summed E-state index contributed by atoms with van der Waals surface area (Å²) in [4.78, 5) is 15.4. The van der Waals surface area contributed by atoms with E-state index in [-0.39, 0.29) is 16.8 Å². The van der Waals surface area contributed by atoms with Gasteiger partial charge in [-0.1, -0.05) is 12.1 Å². The van der Waals surface area contributed by atoms with E-state index < -0.39 is 9.84 Å². The number of methoxy groups -OCH3 is 1. The number of carbonyl (C=O) groups excluding carboxylic acids is 1. The molecule has 0 radical (unpaired) electrons. The second-order valence-corrected chi connectivity index (χ2v) is 9.57. The number of nitrogens with zero attached hydrogens (tertiary/aromatic N) is 1. The monoisotopic (exact) mass is 400 g/mol. The van der Waals surface area contributed by atoms with Crippen LogP contribution in [-0.4, -0.2) is 52.2 Å². The zero-order chi connectivity index (χ0) is 19.9. The Kier molecular flexibility index (Phi) is 4.89. The Balaban J connectivity index is 1.65. The minimum Gasteiger partial charge on any atom is -0.497 e. The van der Waals surface area contributed by atoms with E-state index >= 15 is 0 Å². The van der Waals surface area contributed by atoms with Gasteiger partial charge in [-0.05, 0) is 47.9 Å². The highest BCUT2D eigenvalue weighted by Gasteiger charge is 2.46. The molecule has 1 amide bonds. The van der Waals surface area contributed by atoms with E-state index in [1.165, 1.54) is 12.1 Å². The first-order valence-corrected chi connectivity index (χ1v) is 11.2. The van der Waals surface area contributed by atoms with Crippen LogP contribution in [0.1, 0.15) is 22.0 Å². The number of carbonyl (C=O) groups is 1. The quantitative estimate of drug-likeness (QED) is 0.851.